The predicted octanol–water partition coefficient (Wildman–Crippen LogP) is 7.03. The van der Waals surface area contributed by atoms with Gasteiger partial charge in [-0.25, -0.2) is 28.7 Å². The lowest BCUT2D eigenvalue weighted by atomic mass is 9.95. The zero-order valence-electron chi connectivity index (χ0n) is 25.8. The molecular formula is C33H38ClFN6O2. The summed E-state index contributed by atoms with van der Waals surface area (Å²) < 4.78 is 16.5. The van der Waals surface area contributed by atoms with Crippen LogP contribution in [0.25, 0.3) is 28.0 Å². The second-order valence-corrected chi connectivity index (χ2v) is 12.8. The molecule has 0 spiro atoms. The largest absolute Gasteiger partial charge is 0.355 e. The van der Waals surface area contributed by atoms with Gasteiger partial charge >= 0.3 is 5.69 Å². The Kier molecular flexibility index (Phi) is 8.65. The first-order valence-electron chi connectivity index (χ1n) is 14.9. The third-order valence-corrected chi connectivity index (χ3v) is 8.32. The van der Waals surface area contributed by atoms with Crippen molar-refractivity contribution >= 4 is 34.2 Å². The Morgan fingerprint density at radius 1 is 1.02 bits per heavy atom. The maximum Gasteiger partial charge on any atom is 0.355 e. The van der Waals surface area contributed by atoms with Gasteiger partial charge in [0.1, 0.15) is 23.2 Å². The highest BCUT2D eigenvalue weighted by Crippen LogP contribution is 2.38. The fraction of sp³-hybridized carbons (Fsp3) is 0.455. The average Bonchev–Trinajstić information content (AvgIpc) is 2.94. The number of hydrogen-bond acceptors (Lipinski definition) is 7. The van der Waals surface area contributed by atoms with Crippen molar-refractivity contribution in [1.82, 2.24) is 24.5 Å². The molecule has 43 heavy (non-hydrogen) atoms. The van der Waals surface area contributed by atoms with Crippen LogP contribution in [0.15, 0.2) is 35.1 Å². The molecule has 0 bridgehead atoms. The van der Waals surface area contributed by atoms with Crippen molar-refractivity contribution in [3.8, 4) is 16.9 Å². The van der Waals surface area contributed by atoms with Gasteiger partial charge in [-0.1, -0.05) is 58.4 Å². The molecule has 5 rings (SSSR count). The van der Waals surface area contributed by atoms with Gasteiger partial charge in [-0.3, -0.25) is 4.79 Å². The maximum atomic E-state index is 15.1. The number of halogens is 2. The van der Waals surface area contributed by atoms with Crippen molar-refractivity contribution in [3.05, 3.63) is 68.9 Å². The number of benzene rings is 1. The van der Waals surface area contributed by atoms with Gasteiger partial charge in [0.25, 0.3) is 0 Å². The van der Waals surface area contributed by atoms with E-state index in [1.807, 2.05) is 27.7 Å². The molecule has 4 heterocycles. The number of rotatable bonds is 7. The standard InChI is InChI=1S/C33H38ClFN6O2/c1-17(2)27-30(28(18(3)4)37-26(36-27)14-21(7)42)41-32-23(15-24(34)29(38-32)22-10-8-9-11-25(22)35)31(39-33(41)43)40-16-19(5)12-13-20(40)6/h8-11,15,17-20H,12-14,16H2,1-7H3/t19-,20-/m0/s1. The van der Waals surface area contributed by atoms with Gasteiger partial charge in [-0.05, 0) is 62.6 Å². The maximum absolute atomic E-state index is 15.1. The van der Waals surface area contributed by atoms with Gasteiger partial charge < -0.3 is 4.90 Å². The Morgan fingerprint density at radius 3 is 2.28 bits per heavy atom. The number of carbonyl (C=O) groups excluding carboxylic acids is 1. The fourth-order valence-electron chi connectivity index (χ4n) is 5.83. The van der Waals surface area contributed by atoms with Crippen LogP contribution >= 0.6 is 11.6 Å². The number of hydrogen-bond donors (Lipinski definition) is 0. The zero-order valence-corrected chi connectivity index (χ0v) is 26.5. The summed E-state index contributed by atoms with van der Waals surface area (Å²) >= 11 is 6.84. The molecule has 1 aromatic carbocycles. The number of aromatic nitrogens is 5. The summed E-state index contributed by atoms with van der Waals surface area (Å²) in [5.41, 5.74) is 1.93. The lowest BCUT2D eigenvalue weighted by molar-refractivity contribution is -0.116. The lowest BCUT2D eigenvalue weighted by Crippen LogP contribution is -2.43. The van der Waals surface area contributed by atoms with Gasteiger partial charge in [0.05, 0.1) is 39.6 Å². The van der Waals surface area contributed by atoms with E-state index in [2.05, 4.69) is 23.7 Å². The van der Waals surface area contributed by atoms with Crippen LogP contribution in [0.3, 0.4) is 0 Å². The molecule has 8 nitrogen and oxygen atoms in total. The molecule has 1 aliphatic rings. The number of Topliss-reactive ketones (excluding diaryl/α,β-unsaturated/α-hetero) is 1. The molecule has 1 saturated heterocycles. The van der Waals surface area contributed by atoms with Gasteiger partial charge in [-0.2, -0.15) is 4.98 Å². The molecule has 0 saturated carbocycles. The normalized spacial score (nSPS) is 17.3. The summed E-state index contributed by atoms with van der Waals surface area (Å²) in [6, 6.07) is 8.19. The number of carbonyl (C=O) groups is 1. The molecule has 0 amide bonds. The minimum Gasteiger partial charge on any atom is -0.353 e. The van der Waals surface area contributed by atoms with Crippen molar-refractivity contribution in [2.45, 2.75) is 85.6 Å². The van der Waals surface area contributed by atoms with Crippen LogP contribution < -0.4 is 10.6 Å². The molecule has 0 N–H and O–H groups in total. The minimum atomic E-state index is -0.533. The van der Waals surface area contributed by atoms with Crippen LogP contribution in [0.1, 0.15) is 90.4 Å². The first-order chi connectivity index (χ1) is 20.4. The average molecular weight is 605 g/mol. The molecule has 0 aliphatic carbocycles. The molecule has 0 radical (unpaired) electrons. The van der Waals surface area contributed by atoms with Crippen molar-refractivity contribution in [3.63, 3.8) is 0 Å². The first-order valence-corrected chi connectivity index (χ1v) is 15.3. The minimum absolute atomic E-state index is 0.0542. The third kappa shape index (κ3) is 5.92. The molecule has 1 aliphatic heterocycles. The fourth-order valence-corrected chi connectivity index (χ4v) is 6.08. The summed E-state index contributed by atoms with van der Waals surface area (Å²) in [7, 11) is 0. The van der Waals surface area contributed by atoms with E-state index in [4.69, 9.17) is 26.6 Å². The molecule has 3 aromatic heterocycles. The van der Waals surface area contributed by atoms with E-state index < -0.39 is 11.5 Å². The highest BCUT2D eigenvalue weighted by Gasteiger charge is 2.30. The number of pyridine rings is 1. The number of ketones is 1. The summed E-state index contributed by atoms with van der Waals surface area (Å²) in [6.07, 6.45) is 2.13. The van der Waals surface area contributed by atoms with Crippen LogP contribution in [0.2, 0.25) is 5.02 Å². The zero-order chi connectivity index (χ0) is 31.2. The Balaban J connectivity index is 1.93. The molecule has 10 heteroatoms. The highest BCUT2D eigenvalue weighted by molar-refractivity contribution is 6.33. The van der Waals surface area contributed by atoms with Gasteiger partial charge in [0.2, 0.25) is 0 Å². The van der Waals surface area contributed by atoms with Gasteiger partial charge in [0.15, 0.2) is 5.65 Å². The van der Waals surface area contributed by atoms with Crippen molar-refractivity contribution in [2.24, 2.45) is 5.92 Å². The van der Waals surface area contributed by atoms with Crippen molar-refractivity contribution in [2.75, 3.05) is 11.4 Å². The van der Waals surface area contributed by atoms with Gasteiger partial charge in [-0.15, -0.1) is 0 Å². The second kappa shape index (κ2) is 12.1. The number of fused-ring (bicyclic) bond motifs is 1. The quantitative estimate of drug-likeness (QED) is 0.223. The Morgan fingerprint density at radius 2 is 1.67 bits per heavy atom. The van der Waals surface area contributed by atoms with E-state index in [-0.39, 0.29) is 46.4 Å². The molecule has 0 unspecified atom stereocenters. The Bertz CT molecular complexity index is 1740. The van der Waals surface area contributed by atoms with Crippen LogP contribution in [-0.4, -0.2) is 42.9 Å². The van der Waals surface area contributed by atoms with Crippen molar-refractivity contribution < 1.29 is 9.18 Å². The van der Waals surface area contributed by atoms with Crippen LogP contribution in [0.4, 0.5) is 10.2 Å². The Hall–Kier alpha value is -3.72. The van der Waals surface area contributed by atoms with E-state index in [0.717, 1.165) is 19.4 Å². The summed E-state index contributed by atoms with van der Waals surface area (Å²) in [4.78, 5) is 47.6. The number of nitrogens with zero attached hydrogens (tertiary/aromatic N) is 6. The summed E-state index contributed by atoms with van der Waals surface area (Å²) in [5, 5.41) is 0.840. The molecule has 4 aromatic rings. The van der Waals surface area contributed by atoms with E-state index in [1.54, 1.807) is 24.3 Å². The smallest absolute Gasteiger partial charge is 0.353 e. The molecule has 2 atom stereocenters. The lowest BCUT2D eigenvalue weighted by Gasteiger charge is -2.38. The molecular weight excluding hydrogens is 567 g/mol. The van der Waals surface area contributed by atoms with E-state index in [1.165, 1.54) is 17.6 Å². The summed E-state index contributed by atoms with van der Waals surface area (Å²) in [6.45, 7) is 14.5. The second-order valence-electron chi connectivity index (χ2n) is 12.4. The highest BCUT2D eigenvalue weighted by atomic mass is 35.5. The van der Waals surface area contributed by atoms with Crippen molar-refractivity contribution in [1.29, 1.82) is 0 Å². The topological polar surface area (TPSA) is 93.9 Å². The van der Waals surface area contributed by atoms with Gasteiger partial charge in [0, 0.05) is 18.2 Å². The summed E-state index contributed by atoms with van der Waals surface area (Å²) in [5.74, 6) is 0.565. The SMILES string of the molecule is CC(=O)Cc1nc(C(C)C)c(-n2c(=O)nc(N3C[C@@H](C)CC[C@@H]3C)c3cc(Cl)c(-c4ccccc4F)nc32)c(C(C)C)n1. The van der Waals surface area contributed by atoms with E-state index >= 15 is 4.39 Å². The third-order valence-electron chi connectivity index (χ3n) is 8.03. The number of anilines is 1. The predicted molar refractivity (Wildman–Crippen MR) is 169 cm³/mol. The van der Waals surface area contributed by atoms with Crippen LogP contribution in [0, 0.1) is 11.7 Å². The number of piperidine rings is 1. The van der Waals surface area contributed by atoms with E-state index in [9.17, 15) is 9.59 Å². The monoisotopic (exact) mass is 604 g/mol. The van der Waals surface area contributed by atoms with E-state index in [0.29, 0.717) is 45.7 Å². The Labute approximate surface area is 256 Å². The molecule has 1 fully saturated rings. The first kappa shape index (κ1) is 30.7. The van der Waals surface area contributed by atoms with Crippen LogP contribution in [0.5, 0.6) is 0 Å². The molecule has 226 valence electrons. The van der Waals surface area contributed by atoms with Crippen LogP contribution in [-0.2, 0) is 11.2 Å².